The number of rotatable bonds is 2. The number of halogens is 3. The predicted octanol–water partition coefficient (Wildman–Crippen LogP) is 5.29. The van der Waals surface area contributed by atoms with Crippen LogP contribution in [0.3, 0.4) is 0 Å². The number of hydrogen-bond acceptors (Lipinski definition) is 2. The van der Waals surface area contributed by atoms with Gasteiger partial charge in [-0.25, -0.2) is 4.98 Å². The summed E-state index contributed by atoms with van der Waals surface area (Å²) in [5.74, 6) is 0. The third-order valence-electron chi connectivity index (χ3n) is 4.72. The number of fused-ring (bicyclic) bond motifs is 2. The predicted molar refractivity (Wildman–Crippen MR) is 105 cm³/mol. The Morgan fingerprint density at radius 1 is 0.885 bits per heavy atom. The summed E-state index contributed by atoms with van der Waals surface area (Å²) in [6, 6.07) is 17.9. The molecule has 1 heterocycles. The van der Waals surface area contributed by atoms with Crippen LogP contribution in [0.25, 0.3) is 21.0 Å². The van der Waals surface area contributed by atoms with Crippen LogP contribution < -0.4 is 9.82 Å². The van der Waals surface area contributed by atoms with Crippen LogP contribution in [0.15, 0.2) is 60.7 Å². The lowest BCUT2D eigenvalue weighted by Gasteiger charge is -2.20. The van der Waals surface area contributed by atoms with Crippen LogP contribution in [0.2, 0.25) is 13.1 Å². The minimum absolute atomic E-state index is 0.610. The summed E-state index contributed by atoms with van der Waals surface area (Å²) >= 11 is 1.65. The van der Waals surface area contributed by atoms with E-state index >= 15 is 0 Å². The summed E-state index contributed by atoms with van der Waals surface area (Å²) in [7, 11) is -2.16. The van der Waals surface area contributed by atoms with Gasteiger partial charge in [-0.1, -0.05) is 66.8 Å². The van der Waals surface area contributed by atoms with Crippen LogP contribution in [0.5, 0.6) is 0 Å². The van der Waals surface area contributed by atoms with E-state index in [1.165, 1.54) is 17.5 Å². The average molecular weight is 388 g/mol. The molecule has 0 saturated carbocycles. The molecule has 0 N–H and O–H groups in total. The lowest BCUT2D eigenvalue weighted by molar-refractivity contribution is -0.137. The van der Waals surface area contributed by atoms with Gasteiger partial charge in [0.15, 0.2) is 0 Å². The quantitative estimate of drug-likeness (QED) is 0.426. The second-order valence-electron chi connectivity index (χ2n) is 6.89. The van der Waals surface area contributed by atoms with Crippen LogP contribution in [0, 0.1) is 0 Å². The van der Waals surface area contributed by atoms with Gasteiger partial charge in [0.05, 0.1) is 20.4 Å². The van der Waals surface area contributed by atoms with Crippen LogP contribution in [-0.2, 0) is 6.18 Å². The lowest BCUT2D eigenvalue weighted by atomic mass is 10.1. The molecule has 6 heteroatoms. The summed E-state index contributed by atoms with van der Waals surface area (Å²) in [6.07, 6.45) is -4.31. The molecular formula is C20H16F3NSSi. The average Bonchev–Trinajstić information content (AvgIpc) is 3.02. The lowest BCUT2D eigenvalue weighted by Crippen LogP contribution is -2.52. The fourth-order valence-electron chi connectivity index (χ4n) is 3.08. The molecule has 0 radical (unpaired) electrons. The fraction of sp³-hybridized carbons (Fsp3) is 0.150. The molecule has 132 valence electrons. The van der Waals surface area contributed by atoms with Gasteiger partial charge in [0.1, 0.15) is 8.07 Å². The van der Waals surface area contributed by atoms with Gasteiger partial charge in [-0.05, 0) is 22.9 Å². The van der Waals surface area contributed by atoms with Gasteiger partial charge in [-0.15, -0.1) is 11.3 Å². The van der Waals surface area contributed by atoms with Gasteiger partial charge in [0.25, 0.3) is 0 Å². The summed E-state index contributed by atoms with van der Waals surface area (Å²) in [6.45, 7) is 4.26. The molecule has 1 nitrogen and oxygen atoms in total. The van der Waals surface area contributed by atoms with E-state index in [0.29, 0.717) is 0 Å². The minimum Gasteiger partial charge on any atom is -0.246 e. The molecule has 3 aromatic carbocycles. The smallest absolute Gasteiger partial charge is 0.246 e. The van der Waals surface area contributed by atoms with Gasteiger partial charge in [0, 0.05) is 0 Å². The van der Waals surface area contributed by atoms with Crippen LogP contribution in [0.1, 0.15) is 5.56 Å². The van der Waals surface area contributed by atoms with E-state index in [9.17, 15) is 13.2 Å². The topological polar surface area (TPSA) is 12.9 Å². The first-order valence-electron chi connectivity index (χ1n) is 8.23. The highest BCUT2D eigenvalue weighted by Gasteiger charge is 2.33. The zero-order valence-electron chi connectivity index (χ0n) is 14.3. The Labute approximate surface area is 154 Å². The molecule has 4 aromatic rings. The maximum absolute atomic E-state index is 12.8. The minimum atomic E-state index is -4.31. The number of aromatic nitrogens is 1. The highest BCUT2D eigenvalue weighted by molar-refractivity contribution is 7.32. The summed E-state index contributed by atoms with van der Waals surface area (Å²) in [5, 5.41) is 3.27. The molecule has 0 saturated heterocycles. The zero-order chi connectivity index (χ0) is 18.5. The molecule has 26 heavy (non-hydrogen) atoms. The first-order valence-corrected chi connectivity index (χ1v) is 12.0. The van der Waals surface area contributed by atoms with Gasteiger partial charge in [-0.3, -0.25) is 0 Å². The Morgan fingerprint density at radius 3 is 2.12 bits per heavy atom. The molecule has 0 atom stereocenters. The fourth-order valence-corrected chi connectivity index (χ4v) is 7.18. The third kappa shape index (κ3) is 2.93. The van der Waals surface area contributed by atoms with Gasteiger partial charge in [0.2, 0.25) is 0 Å². The molecule has 0 aliphatic carbocycles. The first-order chi connectivity index (χ1) is 12.2. The van der Waals surface area contributed by atoms with Crippen LogP contribution in [0.4, 0.5) is 13.2 Å². The molecule has 0 amide bonds. The van der Waals surface area contributed by atoms with Crippen molar-refractivity contribution in [2.24, 2.45) is 0 Å². The van der Waals surface area contributed by atoms with E-state index in [0.717, 1.165) is 25.4 Å². The molecule has 0 bridgehead atoms. The molecule has 0 unspecified atom stereocenters. The first kappa shape index (κ1) is 17.2. The van der Waals surface area contributed by atoms with Crippen molar-refractivity contribution in [3.8, 4) is 0 Å². The van der Waals surface area contributed by atoms with E-state index in [2.05, 4.69) is 37.4 Å². The van der Waals surface area contributed by atoms with Crippen molar-refractivity contribution in [1.29, 1.82) is 0 Å². The monoisotopic (exact) mass is 387 g/mol. The van der Waals surface area contributed by atoms with Gasteiger partial charge in [-0.2, -0.15) is 13.2 Å². The highest BCUT2D eigenvalue weighted by atomic mass is 32.1. The Morgan fingerprint density at radius 2 is 1.50 bits per heavy atom. The van der Waals surface area contributed by atoms with Crippen molar-refractivity contribution in [2.75, 3.05) is 0 Å². The molecule has 1 aromatic heterocycles. The van der Waals surface area contributed by atoms with Crippen LogP contribution in [-0.4, -0.2) is 13.1 Å². The summed E-state index contributed by atoms with van der Waals surface area (Å²) < 4.78 is 40.6. The maximum Gasteiger partial charge on any atom is 0.416 e. The molecule has 0 aliphatic rings. The Bertz CT molecular complexity index is 1050. The second-order valence-corrected chi connectivity index (χ2v) is 12.6. The van der Waals surface area contributed by atoms with Gasteiger partial charge < -0.3 is 0 Å². The number of thiazole rings is 1. The van der Waals surface area contributed by atoms with Gasteiger partial charge >= 0.3 is 6.18 Å². The van der Waals surface area contributed by atoms with Crippen molar-refractivity contribution in [3.05, 3.63) is 66.2 Å². The SMILES string of the molecule is C[Si](C)(c1ccc(C(F)(F)F)cc1)c1nc2cc3ccccc3cc2s1. The number of hydrogen-bond donors (Lipinski definition) is 0. The van der Waals surface area contributed by atoms with Crippen molar-refractivity contribution in [3.63, 3.8) is 0 Å². The normalized spacial score (nSPS) is 12.8. The second kappa shape index (κ2) is 5.92. The molecular weight excluding hydrogens is 371 g/mol. The van der Waals surface area contributed by atoms with Crippen molar-refractivity contribution >= 4 is 50.2 Å². The van der Waals surface area contributed by atoms with E-state index in [1.807, 2.05) is 12.1 Å². The molecule has 0 fully saturated rings. The van der Waals surface area contributed by atoms with E-state index in [4.69, 9.17) is 4.98 Å². The van der Waals surface area contributed by atoms with Crippen LogP contribution >= 0.6 is 11.3 Å². The summed E-state index contributed by atoms with van der Waals surface area (Å²) in [4.78, 5) is 4.84. The van der Waals surface area contributed by atoms with E-state index in [-0.39, 0.29) is 0 Å². The van der Waals surface area contributed by atoms with Crippen molar-refractivity contribution in [1.82, 2.24) is 4.98 Å². The summed E-state index contributed by atoms with van der Waals surface area (Å²) in [5.41, 5.74) is 0.345. The molecule has 0 aliphatic heterocycles. The van der Waals surface area contributed by atoms with Crippen molar-refractivity contribution < 1.29 is 13.2 Å². The highest BCUT2D eigenvalue weighted by Crippen LogP contribution is 2.29. The Kier molecular flexibility index (Phi) is 3.93. The standard InChI is InChI=1S/C20H16F3NSSi/c1-26(2,16-9-7-15(8-10-16)20(21,22)23)19-24-17-11-13-5-3-4-6-14(13)12-18(17)25-19/h3-12H,1-2H3. The Balaban J connectivity index is 1.78. The van der Waals surface area contributed by atoms with Crippen molar-refractivity contribution in [2.45, 2.75) is 19.3 Å². The number of benzene rings is 3. The third-order valence-corrected chi connectivity index (χ3v) is 10.4. The number of nitrogens with zero attached hydrogens (tertiary/aromatic N) is 1. The molecule has 0 spiro atoms. The maximum atomic E-state index is 12.8. The largest absolute Gasteiger partial charge is 0.416 e. The number of alkyl halides is 3. The van der Waals surface area contributed by atoms with E-state index in [1.54, 1.807) is 23.5 Å². The Hall–Kier alpha value is -2.18. The molecule has 4 rings (SSSR count). The zero-order valence-corrected chi connectivity index (χ0v) is 16.1. The van der Waals surface area contributed by atoms with E-state index < -0.39 is 19.8 Å².